The van der Waals surface area contributed by atoms with Crippen molar-refractivity contribution in [3.05, 3.63) is 29.3 Å². The zero-order valence-electron chi connectivity index (χ0n) is 15.2. The van der Waals surface area contributed by atoms with Crippen LogP contribution in [0.3, 0.4) is 0 Å². The summed E-state index contributed by atoms with van der Waals surface area (Å²) in [7, 11) is -3.52. The number of carbonyl (C=O) groups excluding carboxylic acids is 1. The monoisotopic (exact) mass is 352 g/mol. The Morgan fingerprint density at radius 2 is 1.62 bits per heavy atom. The maximum atomic E-state index is 13.0. The Balaban J connectivity index is 2.21. The molecule has 1 aromatic rings. The van der Waals surface area contributed by atoms with E-state index in [1.165, 1.54) is 4.31 Å². The summed E-state index contributed by atoms with van der Waals surface area (Å²) in [6, 6.07) is 5.65. The summed E-state index contributed by atoms with van der Waals surface area (Å²) >= 11 is 0. The summed E-state index contributed by atoms with van der Waals surface area (Å²) in [6.45, 7) is 11.3. The summed E-state index contributed by atoms with van der Waals surface area (Å²) in [5, 5.41) is 0. The molecular weight excluding hydrogens is 324 g/mol. The van der Waals surface area contributed by atoms with Crippen molar-refractivity contribution < 1.29 is 13.2 Å². The van der Waals surface area contributed by atoms with Gasteiger partial charge in [-0.3, -0.25) is 4.79 Å². The molecule has 0 N–H and O–H groups in total. The van der Waals surface area contributed by atoms with Gasteiger partial charge in [0.1, 0.15) is 0 Å². The molecule has 1 aliphatic rings. The van der Waals surface area contributed by atoms with Gasteiger partial charge in [0, 0.05) is 32.1 Å². The first-order chi connectivity index (χ1) is 11.1. The zero-order chi connectivity index (χ0) is 18.1. The Kier molecular flexibility index (Phi) is 5.71. The van der Waals surface area contributed by atoms with E-state index < -0.39 is 10.0 Å². The summed E-state index contributed by atoms with van der Waals surface area (Å²) in [4.78, 5) is 14.2. The fourth-order valence-corrected chi connectivity index (χ4v) is 4.59. The van der Waals surface area contributed by atoms with Gasteiger partial charge in [-0.15, -0.1) is 0 Å². The largest absolute Gasteiger partial charge is 0.340 e. The molecule has 0 radical (unpaired) electrons. The number of carbonyl (C=O) groups is 1. The lowest BCUT2D eigenvalue weighted by Gasteiger charge is -2.35. The van der Waals surface area contributed by atoms with Crippen molar-refractivity contribution in [2.24, 2.45) is 5.92 Å². The molecule has 0 unspecified atom stereocenters. The number of benzene rings is 1. The Labute approximate surface area is 145 Å². The molecule has 134 valence electrons. The minimum Gasteiger partial charge on any atom is -0.340 e. The quantitative estimate of drug-likeness (QED) is 0.837. The average Bonchev–Trinajstić information content (AvgIpc) is 2.54. The number of sulfonamides is 1. The Morgan fingerprint density at radius 1 is 1.04 bits per heavy atom. The van der Waals surface area contributed by atoms with Gasteiger partial charge < -0.3 is 4.90 Å². The minimum atomic E-state index is -3.52. The molecule has 0 aliphatic carbocycles. The van der Waals surface area contributed by atoms with Gasteiger partial charge in [0.25, 0.3) is 0 Å². The molecular formula is C18H28N2O3S. The first kappa shape index (κ1) is 18.9. The van der Waals surface area contributed by atoms with Gasteiger partial charge >= 0.3 is 0 Å². The van der Waals surface area contributed by atoms with Gasteiger partial charge in [-0.1, -0.05) is 39.8 Å². The first-order valence-electron chi connectivity index (χ1n) is 8.54. The van der Waals surface area contributed by atoms with E-state index >= 15 is 0 Å². The standard InChI is InChI=1S/C18H28N2O3S/c1-13(2)16-7-6-15(5)17(12-16)24(22,23)20-10-8-19(9-11-20)18(21)14(3)4/h6-7,12-14H,8-11H2,1-5H3. The molecule has 0 bridgehead atoms. The number of aryl methyl sites for hydroxylation is 1. The molecule has 1 aromatic carbocycles. The molecule has 2 rings (SSSR count). The molecule has 0 aromatic heterocycles. The fourth-order valence-electron chi connectivity index (χ4n) is 2.91. The maximum Gasteiger partial charge on any atom is 0.243 e. The highest BCUT2D eigenvalue weighted by Crippen LogP contribution is 2.25. The van der Waals surface area contributed by atoms with E-state index in [0.29, 0.717) is 31.1 Å². The average molecular weight is 353 g/mol. The van der Waals surface area contributed by atoms with Crippen LogP contribution in [-0.4, -0.2) is 49.7 Å². The van der Waals surface area contributed by atoms with E-state index in [2.05, 4.69) is 13.8 Å². The fraction of sp³-hybridized carbons (Fsp3) is 0.611. The predicted octanol–water partition coefficient (Wildman–Crippen LogP) is 2.61. The summed E-state index contributed by atoms with van der Waals surface area (Å²) in [6.07, 6.45) is 0. The molecule has 1 heterocycles. The number of hydrogen-bond acceptors (Lipinski definition) is 3. The second-order valence-electron chi connectivity index (χ2n) is 7.06. The lowest BCUT2D eigenvalue weighted by atomic mass is 10.0. The number of piperazine rings is 1. The van der Waals surface area contributed by atoms with Crippen LogP contribution in [0.1, 0.15) is 44.7 Å². The maximum absolute atomic E-state index is 13.0. The van der Waals surface area contributed by atoms with E-state index in [4.69, 9.17) is 0 Å². The van der Waals surface area contributed by atoms with Crippen molar-refractivity contribution in [1.29, 1.82) is 0 Å². The summed E-state index contributed by atoms with van der Waals surface area (Å²) < 4.78 is 27.5. The van der Waals surface area contributed by atoms with Gasteiger partial charge in [0.05, 0.1) is 4.90 Å². The number of hydrogen-bond donors (Lipinski definition) is 0. The third kappa shape index (κ3) is 3.81. The van der Waals surface area contributed by atoms with Gasteiger partial charge in [-0.2, -0.15) is 4.31 Å². The van der Waals surface area contributed by atoms with Crippen molar-refractivity contribution in [3.63, 3.8) is 0 Å². The van der Waals surface area contributed by atoms with Crippen LogP contribution < -0.4 is 0 Å². The van der Waals surface area contributed by atoms with E-state index in [9.17, 15) is 13.2 Å². The molecule has 1 aliphatic heterocycles. The van der Waals surface area contributed by atoms with E-state index in [1.807, 2.05) is 32.9 Å². The van der Waals surface area contributed by atoms with Crippen LogP contribution in [0.5, 0.6) is 0 Å². The molecule has 5 nitrogen and oxygen atoms in total. The zero-order valence-corrected chi connectivity index (χ0v) is 16.1. The molecule has 1 fully saturated rings. The molecule has 0 spiro atoms. The lowest BCUT2D eigenvalue weighted by Crippen LogP contribution is -2.51. The van der Waals surface area contributed by atoms with Crippen LogP contribution in [0.4, 0.5) is 0 Å². The third-order valence-corrected chi connectivity index (χ3v) is 6.58. The van der Waals surface area contributed by atoms with Gasteiger partial charge in [-0.05, 0) is 30.0 Å². The van der Waals surface area contributed by atoms with Crippen LogP contribution in [0.2, 0.25) is 0 Å². The molecule has 0 saturated carbocycles. The van der Waals surface area contributed by atoms with Crippen LogP contribution in [0.15, 0.2) is 23.1 Å². The van der Waals surface area contributed by atoms with E-state index in [-0.39, 0.29) is 17.7 Å². The highest BCUT2D eigenvalue weighted by atomic mass is 32.2. The summed E-state index contributed by atoms with van der Waals surface area (Å²) in [5.74, 6) is 0.309. The Bertz CT molecular complexity index is 703. The van der Waals surface area contributed by atoms with Gasteiger partial charge in [-0.25, -0.2) is 8.42 Å². The second-order valence-corrected chi connectivity index (χ2v) is 8.97. The topological polar surface area (TPSA) is 57.7 Å². The Morgan fingerprint density at radius 3 is 2.12 bits per heavy atom. The van der Waals surface area contributed by atoms with E-state index in [1.54, 1.807) is 11.0 Å². The minimum absolute atomic E-state index is 0.0573. The SMILES string of the molecule is Cc1ccc(C(C)C)cc1S(=O)(=O)N1CCN(C(=O)C(C)C)CC1. The molecule has 24 heavy (non-hydrogen) atoms. The molecule has 0 atom stereocenters. The van der Waals surface area contributed by atoms with Crippen molar-refractivity contribution in [3.8, 4) is 0 Å². The molecule has 1 amide bonds. The smallest absolute Gasteiger partial charge is 0.243 e. The third-order valence-electron chi connectivity index (χ3n) is 4.54. The molecule has 6 heteroatoms. The Hall–Kier alpha value is -1.40. The highest BCUT2D eigenvalue weighted by Gasteiger charge is 2.31. The van der Waals surface area contributed by atoms with Crippen molar-refractivity contribution >= 4 is 15.9 Å². The lowest BCUT2D eigenvalue weighted by molar-refractivity contribution is -0.135. The van der Waals surface area contributed by atoms with Gasteiger partial charge in [0.15, 0.2) is 0 Å². The summed E-state index contributed by atoms with van der Waals surface area (Å²) in [5.41, 5.74) is 1.79. The van der Waals surface area contributed by atoms with Crippen LogP contribution in [0, 0.1) is 12.8 Å². The molecule has 1 saturated heterocycles. The number of nitrogens with zero attached hydrogens (tertiary/aromatic N) is 2. The number of rotatable bonds is 4. The number of amides is 1. The first-order valence-corrected chi connectivity index (χ1v) is 9.98. The van der Waals surface area contributed by atoms with Crippen LogP contribution >= 0.6 is 0 Å². The van der Waals surface area contributed by atoms with E-state index in [0.717, 1.165) is 11.1 Å². The second kappa shape index (κ2) is 7.23. The van der Waals surface area contributed by atoms with Gasteiger partial charge in [0.2, 0.25) is 15.9 Å². The van der Waals surface area contributed by atoms with Crippen molar-refractivity contribution in [1.82, 2.24) is 9.21 Å². The van der Waals surface area contributed by atoms with Crippen LogP contribution in [0.25, 0.3) is 0 Å². The predicted molar refractivity (Wildman–Crippen MR) is 95.4 cm³/mol. The highest BCUT2D eigenvalue weighted by molar-refractivity contribution is 7.89. The normalized spacial score (nSPS) is 16.9. The van der Waals surface area contributed by atoms with Crippen molar-refractivity contribution in [2.45, 2.75) is 45.4 Å². The van der Waals surface area contributed by atoms with Crippen LogP contribution in [-0.2, 0) is 14.8 Å². The van der Waals surface area contributed by atoms with Crippen molar-refractivity contribution in [2.75, 3.05) is 26.2 Å².